The van der Waals surface area contributed by atoms with E-state index in [9.17, 15) is 19.5 Å². The Morgan fingerprint density at radius 1 is 0.971 bits per heavy atom. The average Bonchev–Trinajstić information content (AvgIpc) is 3.16. The number of fused-ring (bicyclic) bond motifs is 3. The van der Waals surface area contributed by atoms with Crippen LogP contribution in [-0.4, -0.2) is 41.8 Å². The van der Waals surface area contributed by atoms with Crippen LogP contribution in [0, 0.1) is 11.8 Å². The number of ether oxygens (including phenoxy) is 1. The minimum absolute atomic E-state index is 0.0168. The number of alkyl carbamates (subject to hydrolysis) is 1. The van der Waals surface area contributed by atoms with Crippen LogP contribution in [-0.2, 0) is 14.3 Å². The number of hydrogen-bond donors (Lipinski definition) is 3. The van der Waals surface area contributed by atoms with E-state index in [1.54, 1.807) is 0 Å². The maximum Gasteiger partial charge on any atom is 0.407 e. The smallest absolute Gasteiger partial charge is 0.407 e. The fourth-order valence-corrected chi connectivity index (χ4v) is 5.59. The maximum absolute atomic E-state index is 13.0. The van der Waals surface area contributed by atoms with E-state index < -0.39 is 30.4 Å². The van der Waals surface area contributed by atoms with Crippen molar-refractivity contribution in [3.63, 3.8) is 0 Å². The van der Waals surface area contributed by atoms with Gasteiger partial charge in [-0.2, -0.15) is 0 Å². The summed E-state index contributed by atoms with van der Waals surface area (Å²) in [6, 6.07) is 14.8. The first-order valence-electron chi connectivity index (χ1n) is 12.5. The first-order chi connectivity index (χ1) is 16.8. The van der Waals surface area contributed by atoms with Gasteiger partial charge in [0.1, 0.15) is 12.6 Å². The van der Waals surface area contributed by atoms with E-state index in [0.29, 0.717) is 11.8 Å². The Morgan fingerprint density at radius 2 is 1.57 bits per heavy atom. The molecule has 0 spiro atoms. The molecule has 3 N–H and O–H groups in total. The van der Waals surface area contributed by atoms with Gasteiger partial charge in [-0.1, -0.05) is 75.2 Å². The monoisotopic (exact) mass is 478 g/mol. The third kappa shape index (κ3) is 5.66. The summed E-state index contributed by atoms with van der Waals surface area (Å²) in [6.45, 7) is 4.37. The van der Waals surface area contributed by atoms with Gasteiger partial charge in [0.25, 0.3) is 0 Å². The standard InChI is InChI=1S/C28H34N2O5/c1-17(2)18-9-7-8-14-24(18)29-27(33)25(15-26(31)32)30-28(34)35-16-23-21-12-5-3-10-19(21)20-11-4-6-13-22(20)23/h3-6,10-13,17-18,23-25H,7-9,14-16H2,1-2H3,(H,29,33)(H,30,34)(H,31,32). The molecule has 0 saturated heterocycles. The van der Waals surface area contributed by atoms with Crippen molar-refractivity contribution in [2.24, 2.45) is 11.8 Å². The number of carboxylic acids is 1. The lowest BCUT2D eigenvalue weighted by Gasteiger charge is -2.35. The molecule has 2 aromatic carbocycles. The fraction of sp³-hybridized carbons (Fsp3) is 0.464. The minimum Gasteiger partial charge on any atom is -0.481 e. The predicted molar refractivity (Wildman–Crippen MR) is 133 cm³/mol. The van der Waals surface area contributed by atoms with Gasteiger partial charge >= 0.3 is 12.1 Å². The zero-order valence-electron chi connectivity index (χ0n) is 20.3. The largest absolute Gasteiger partial charge is 0.481 e. The van der Waals surface area contributed by atoms with Crippen molar-refractivity contribution in [1.82, 2.24) is 10.6 Å². The number of carbonyl (C=O) groups is 3. The van der Waals surface area contributed by atoms with E-state index in [-0.39, 0.29) is 18.6 Å². The summed E-state index contributed by atoms with van der Waals surface area (Å²) in [7, 11) is 0. The number of carbonyl (C=O) groups excluding carboxylic acids is 2. The Bertz CT molecular complexity index is 1040. The molecule has 2 aliphatic carbocycles. The molecule has 1 saturated carbocycles. The van der Waals surface area contributed by atoms with Gasteiger partial charge in [-0.3, -0.25) is 9.59 Å². The molecule has 7 heteroatoms. The summed E-state index contributed by atoms with van der Waals surface area (Å²) >= 11 is 0. The molecule has 7 nitrogen and oxygen atoms in total. The normalized spacial score (nSPS) is 20.0. The summed E-state index contributed by atoms with van der Waals surface area (Å²) in [6.07, 6.45) is 2.75. The lowest BCUT2D eigenvalue weighted by atomic mass is 9.77. The van der Waals surface area contributed by atoms with Crippen molar-refractivity contribution in [2.45, 2.75) is 64.0 Å². The number of nitrogens with one attached hydrogen (secondary N) is 2. The molecular formula is C28H34N2O5. The summed E-state index contributed by atoms with van der Waals surface area (Å²) in [5.74, 6) is -0.998. The molecule has 2 aliphatic rings. The zero-order valence-corrected chi connectivity index (χ0v) is 20.3. The van der Waals surface area contributed by atoms with Gasteiger partial charge in [-0.15, -0.1) is 0 Å². The predicted octanol–water partition coefficient (Wildman–Crippen LogP) is 4.70. The van der Waals surface area contributed by atoms with Crippen LogP contribution >= 0.6 is 0 Å². The molecule has 186 valence electrons. The van der Waals surface area contributed by atoms with Crippen LogP contribution in [0.25, 0.3) is 11.1 Å². The summed E-state index contributed by atoms with van der Waals surface area (Å²) in [5.41, 5.74) is 4.40. The highest BCUT2D eigenvalue weighted by Crippen LogP contribution is 2.44. The van der Waals surface area contributed by atoms with Crippen molar-refractivity contribution in [1.29, 1.82) is 0 Å². The second-order valence-corrected chi connectivity index (χ2v) is 9.93. The van der Waals surface area contributed by atoms with Crippen LogP contribution in [0.4, 0.5) is 4.79 Å². The quantitative estimate of drug-likeness (QED) is 0.510. The van der Waals surface area contributed by atoms with Gasteiger partial charge in [0, 0.05) is 12.0 Å². The molecule has 4 rings (SSSR count). The molecule has 2 aromatic rings. The summed E-state index contributed by atoms with van der Waals surface area (Å²) < 4.78 is 5.53. The van der Waals surface area contributed by atoms with Crippen molar-refractivity contribution >= 4 is 18.0 Å². The van der Waals surface area contributed by atoms with Crippen LogP contribution in [0.1, 0.15) is 63.0 Å². The van der Waals surface area contributed by atoms with E-state index in [1.165, 1.54) is 0 Å². The van der Waals surface area contributed by atoms with Crippen LogP contribution in [0.3, 0.4) is 0 Å². The molecule has 1 fully saturated rings. The topological polar surface area (TPSA) is 105 Å². The second kappa shape index (κ2) is 10.9. The fourth-order valence-electron chi connectivity index (χ4n) is 5.59. The summed E-state index contributed by atoms with van der Waals surface area (Å²) in [4.78, 5) is 37.1. The molecule has 0 aliphatic heterocycles. The molecular weight excluding hydrogens is 444 g/mol. The maximum atomic E-state index is 13.0. The Morgan fingerprint density at radius 3 is 2.17 bits per heavy atom. The van der Waals surface area contributed by atoms with Crippen molar-refractivity contribution < 1.29 is 24.2 Å². The molecule has 0 heterocycles. The van der Waals surface area contributed by atoms with E-state index in [2.05, 4.69) is 36.6 Å². The Balaban J connectivity index is 1.40. The van der Waals surface area contributed by atoms with Crippen LogP contribution in [0.15, 0.2) is 48.5 Å². The van der Waals surface area contributed by atoms with Gasteiger partial charge in [-0.25, -0.2) is 4.79 Å². The average molecular weight is 479 g/mol. The molecule has 0 bridgehead atoms. The van der Waals surface area contributed by atoms with Gasteiger partial charge in [0.15, 0.2) is 0 Å². The van der Waals surface area contributed by atoms with Gasteiger partial charge in [-0.05, 0) is 46.9 Å². The number of rotatable bonds is 8. The minimum atomic E-state index is -1.20. The highest BCUT2D eigenvalue weighted by atomic mass is 16.5. The van der Waals surface area contributed by atoms with Crippen molar-refractivity contribution in [3.05, 3.63) is 59.7 Å². The SMILES string of the molecule is CC(C)C1CCCCC1NC(=O)C(CC(=O)O)NC(=O)OCC1c2ccccc2-c2ccccc21. The van der Waals surface area contributed by atoms with Crippen molar-refractivity contribution in [2.75, 3.05) is 6.61 Å². The Hall–Kier alpha value is -3.35. The Labute approximate surface area is 206 Å². The highest BCUT2D eigenvalue weighted by Gasteiger charge is 2.33. The first kappa shape index (κ1) is 24.8. The van der Waals surface area contributed by atoms with Gasteiger partial charge < -0.3 is 20.5 Å². The molecule has 35 heavy (non-hydrogen) atoms. The van der Waals surface area contributed by atoms with Gasteiger partial charge in [0.2, 0.25) is 5.91 Å². The number of benzene rings is 2. The van der Waals surface area contributed by atoms with Crippen LogP contribution < -0.4 is 10.6 Å². The lowest BCUT2D eigenvalue weighted by Crippen LogP contribution is -2.53. The molecule has 2 amide bonds. The van der Waals surface area contributed by atoms with E-state index in [0.717, 1.165) is 47.9 Å². The second-order valence-electron chi connectivity index (χ2n) is 9.93. The van der Waals surface area contributed by atoms with E-state index in [4.69, 9.17) is 4.74 Å². The van der Waals surface area contributed by atoms with E-state index in [1.807, 2.05) is 36.4 Å². The van der Waals surface area contributed by atoms with Gasteiger partial charge in [0.05, 0.1) is 6.42 Å². The third-order valence-corrected chi connectivity index (χ3v) is 7.33. The highest BCUT2D eigenvalue weighted by molar-refractivity contribution is 5.89. The lowest BCUT2D eigenvalue weighted by molar-refractivity contribution is -0.140. The van der Waals surface area contributed by atoms with Crippen molar-refractivity contribution in [3.8, 4) is 11.1 Å². The molecule has 3 atom stereocenters. The Kier molecular flexibility index (Phi) is 7.73. The first-order valence-corrected chi connectivity index (χ1v) is 12.5. The number of amides is 2. The number of aliphatic carboxylic acids is 1. The number of carboxylic acid groups (broad SMARTS) is 1. The number of hydrogen-bond acceptors (Lipinski definition) is 4. The summed E-state index contributed by atoms with van der Waals surface area (Å²) in [5, 5.41) is 14.9. The molecule has 0 radical (unpaired) electrons. The zero-order chi connectivity index (χ0) is 24.9. The van der Waals surface area contributed by atoms with Crippen LogP contribution in [0.5, 0.6) is 0 Å². The molecule has 3 unspecified atom stereocenters. The van der Waals surface area contributed by atoms with E-state index >= 15 is 0 Å². The molecule has 0 aromatic heterocycles. The van der Waals surface area contributed by atoms with Crippen LogP contribution in [0.2, 0.25) is 0 Å². The third-order valence-electron chi connectivity index (χ3n) is 7.33.